The highest BCUT2D eigenvalue weighted by molar-refractivity contribution is 4.85. The van der Waals surface area contributed by atoms with Gasteiger partial charge in [0.25, 0.3) is 0 Å². The summed E-state index contributed by atoms with van der Waals surface area (Å²) in [5.74, 6) is 0. The summed E-state index contributed by atoms with van der Waals surface area (Å²) in [6, 6.07) is 0.702. The largest absolute Gasteiger partial charge is 0.395 e. The molecule has 1 unspecified atom stereocenters. The van der Waals surface area contributed by atoms with Crippen LogP contribution in [0.4, 0.5) is 0 Å². The molecule has 2 N–H and O–H groups in total. The first kappa shape index (κ1) is 11.3. The molecule has 15 heavy (non-hydrogen) atoms. The zero-order valence-corrected chi connectivity index (χ0v) is 9.14. The van der Waals surface area contributed by atoms with Crippen molar-refractivity contribution >= 4 is 0 Å². The summed E-state index contributed by atoms with van der Waals surface area (Å²) in [4.78, 5) is 2.37. The van der Waals surface area contributed by atoms with Gasteiger partial charge in [-0.05, 0) is 25.7 Å². The van der Waals surface area contributed by atoms with Crippen molar-refractivity contribution in [1.29, 1.82) is 0 Å². The van der Waals surface area contributed by atoms with Crippen LogP contribution < -0.4 is 0 Å². The second kappa shape index (κ2) is 5.25. The van der Waals surface area contributed by atoms with Crippen molar-refractivity contribution in [3.8, 4) is 0 Å². The summed E-state index contributed by atoms with van der Waals surface area (Å²) in [5.41, 5.74) is 0. The van der Waals surface area contributed by atoms with E-state index >= 15 is 0 Å². The van der Waals surface area contributed by atoms with E-state index in [0.717, 1.165) is 38.8 Å². The molecule has 0 radical (unpaired) electrons. The van der Waals surface area contributed by atoms with E-state index in [4.69, 9.17) is 4.74 Å². The second-order valence-electron chi connectivity index (χ2n) is 4.61. The number of morpholine rings is 1. The Labute approximate surface area is 90.8 Å². The SMILES string of the molecule is OCC1COCCN1C1CCC(O)CC1. The van der Waals surface area contributed by atoms with Crippen molar-refractivity contribution in [3.05, 3.63) is 0 Å². The molecule has 0 aromatic rings. The standard InChI is InChI=1S/C11H21NO3/c13-7-10-8-15-6-5-12(10)9-1-3-11(14)4-2-9/h9-11,13-14H,1-8H2. The van der Waals surface area contributed by atoms with Crippen molar-refractivity contribution in [3.63, 3.8) is 0 Å². The molecule has 0 bridgehead atoms. The van der Waals surface area contributed by atoms with Gasteiger partial charge in [0.05, 0.1) is 32.0 Å². The Morgan fingerprint density at radius 3 is 2.60 bits per heavy atom. The number of hydrogen-bond acceptors (Lipinski definition) is 4. The lowest BCUT2D eigenvalue weighted by Gasteiger charge is -2.42. The van der Waals surface area contributed by atoms with Crippen LogP contribution in [-0.4, -0.2) is 59.7 Å². The molecule has 1 saturated carbocycles. The molecular weight excluding hydrogens is 194 g/mol. The molecule has 0 amide bonds. The van der Waals surface area contributed by atoms with Gasteiger partial charge in [-0.3, -0.25) is 4.90 Å². The Bertz CT molecular complexity index is 192. The highest BCUT2D eigenvalue weighted by Gasteiger charge is 2.31. The van der Waals surface area contributed by atoms with Crippen molar-refractivity contribution in [1.82, 2.24) is 4.90 Å². The number of nitrogens with zero attached hydrogens (tertiary/aromatic N) is 1. The molecule has 2 rings (SSSR count). The molecule has 1 atom stereocenters. The fraction of sp³-hybridized carbons (Fsp3) is 1.00. The lowest BCUT2D eigenvalue weighted by atomic mass is 9.91. The van der Waals surface area contributed by atoms with Crippen LogP contribution in [0, 0.1) is 0 Å². The third kappa shape index (κ3) is 2.69. The molecule has 0 aromatic carbocycles. The third-order valence-corrected chi connectivity index (χ3v) is 3.62. The third-order valence-electron chi connectivity index (χ3n) is 3.62. The van der Waals surface area contributed by atoms with Crippen LogP contribution in [0.1, 0.15) is 25.7 Å². The molecule has 2 aliphatic rings. The van der Waals surface area contributed by atoms with Crippen LogP contribution in [0.15, 0.2) is 0 Å². The molecule has 88 valence electrons. The predicted molar refractivity (Wildman–Crippen MR) is 56.7 cm³/mol. The topological polar surface area (TPSA) is 52.9 Å². The smallest absolute Gasteiger partial charge is 0.0644 e. The number of ether oxygens (including phenoxy) is 1. The Balaban J connectivity index is 1.90. The van der Waals surface area contributed by atoms with E-state index in [9.17, 15) is 10.2 Å². The molecule has 1 aliphatic carbocycles. The molecular formula is C11H21NO3. The average molecular weight is 215 g/mol. The molecule has 0 aromatic heterocycles. The Morgan fingerprint density at radius 2 is 1.93 bits per heavy atom. The summed E-state index contributed by atoms with van der Waals surface area (Å²) >= 11 is 0. The van der Waals surface area contributed by atoms with E-state index in [2.05, 4.69) is 4.90 Å². The summed E-state index contributed by atoms with van der Waals surface area (Å²) in [5, 5.41) is 18.7. The van der Waals surface area contributed by atoms with Crippen molar-refractivity contribution < 1.29 is 14.9 Å². The maximum Gasteiger partial charge on any atom is 0.0644 e. The number of hydrogen-bond donors (Lipinski definition) is 2. The second-order valence-corrected chi connectivity index (χ2v) is 4.61. The van der Waals surface area contributed by atoms with E-state index in [1.54, 1.807) is 0 Å². The molecule has 4 nitrogen and oxygen atoms in total. The fourth-order valence-corrected chi connectivity index (χ4v) is 2.70. The average Bonchev–Trinajstić information content (AvgIpc) is 2.30. The quantitative estimate of drug-likeness (QED) is 0.680. The van der Waals surface area contributed by atoms with Gasteiger partial charge in [0.1, 0.15) is 0 Å². The molecule has 1 aliphatic heterocycles. The van der Waals surface area contributed by atoms with Gasteiger partial charge in [0.15, 0.2) is 0 Å². The van der Waals surface area contributed by atoms with Gasteiger partial charge in [-0.1, -0.05) is 0 Å². The Kier molecular flexibility index (Phi) is 3.97. The first-order valence-electron chi connectivity index (χ1n) is 5.93. The van der Waals surface area contributed by atoms with E-state index in [1.807, 2.05) is 0 Å². The van der Waals surface area contributed by atoms with Gasteiger partial charge in [-0.2, -0.15) is 0 Å². The summed E-state index contributed by atoms with van der Waals surface area (Å²) < 4.78 is 5.36. The Hall–Kier alpha value is -0.160. The van der Waals surface area contributed by atoms with Gasteiger partial charge >= 0.3 is 0 Å². The van der Waals surface area contributed by atoms with Crippen LogP contribution in [0.3, 0.4) is 0 Å². The number of aliphatic hydroxyl groups excluding tert-OH is 2. The van der Waals surface area contributed by atoms with E-state index < -0.39 is 0 Å². The van der Waals surface area contributed by atoms with Crippen LogP contribution in [0.5, 0.6) is 0 Å². The maximum atomic E-state index is 9.46. The molecule has 1 saturated heterocycles. The van der Waals surface area contributed by atoms with Gasteiger partial charge in [0.2, 0.25) is 0 Å². The van der Waals surface area contributed by atoms with E-state index in [-0.39, 0.29) is 18.8 Å². The van der Waals surface area contributed by atoms with Crippen molar-refractivity contribution in [2.45, 2.75) is 43.9 Å². The summed E-state index contributed by atoms with van der Waals surface area (Å²) in [6.07, 6.45) is 3.81. The zero-order valence-electron chi connectivity index (χ0n) is 9.14. The van der Waals surface area contributed by atoms with Gasteiger partial charge in [-0.15, -0.1) is 0 Å². The van der Waals surface area contributed by atoms with Crippen molar-refractivity contribution in [2.75, 3.05) is 26.4 Å². The van der Waals surface area contributed by atoms with E-state index in [1.165, 1.54) is 0 Å². The van der Waals surface area contributed by atoms with Crippen LogP contribution in [0.2, 0.25) is 0 Å². The fourth-order valence-electron chi connectivity index (χ4n) is 2.70. The number of aliphatic hydroxyl groups is 2. The molecule has 0 spiro atoms. The maximum absolute atomic E-state index is 9.46. The first-order chi connectivity index (χ1) is 7.31. The normalized spacial score (nSPS) is 39.2. The highest BCUT2D eigenvalue weighted by Crippen LogP contribution is 2.25. The Morgan fingerprint density at radius 1 is 1.20 bits per heavy atom. The van der Waals surface area contributed by atoms with Gasteiger partial charge in [0, 0.05) is 12.6 Å². The predicted octanol–water partition coefficient (Wildman–Crippen LogP) is -0.0170. The van der Waals surface area contributed by atoms with Crippen LogP contribution in [0.25, 0.3) is 0 Å². The minimum Gasteiger partial charge on any atom is -0.395 e. The van der Waals surface area contributed by atoms with Crippen LogP contribution >= 0.6 is 0 Å². The summed E-state index contributed by atoms with van der Waals surface area (Å²) in [7, 11) is 0. The molecule has 1 heterocycles. The molecule has 2 fully saturated rings. The summed E-state index contributed by atoms with van der Waals surface area (Å²) in [6.45, 7) is 2.52. The molecule has 4 heteroatoms. The first-order valence-corrected chi connectivity index (χ1v) is 5.93. The van der Waals surface area contributed by atoms with Crippen LogP contribution in [-0.2, 0) is 4.74 Å². The highest BCUT2D eigenvalue weighted by atomic mass is 16.5. The zero-order chi connectivity index (χ0) is 10.7. The monoisotopic (exact) mass is 215 g/mol. The minimum atomic E-state index is -0.102. The van der Waals surface area contributed by atoms with Crippen molar-refractivity contribution in [2.24, 2.45) is 0 Å². The van der Waals surface area contributed by atoms with Gasteiger partial charge in [-0.25, -0.2) is 0 Å². The minimum absolute atomic E-state index is 0.102. The number of rotatable bonds is 2. The lowest BCUT2D eigenvalue weighted by Crippen LogP contribution is -2.53. The van der Waals surface area contributed by atoms with E-state index in [0.29, 0.717) is 12.6 Å². The lowest BCUT2D eigenvalue weighted by molar-refractivity contribution is -0.0596. The van der Waals surface area contributed by atoms with Gasteiger partial charge < -0.3 is 14.9 Å².